The van der Waals surface area contributed by atoms with Crippen LogP contribution in [0.15, 0.2) is 12.3 Å². The second-order valence-corrected chi connectivity index (χ2v) is 4.69. The van der Waals surface area contributed by atoms with Crippen molar-refractivity contribution in [2.75, 3.05) is 6.54 Å². The van der Waals surface area contributed by atoms with Crippen molar-refractivity contribution < 1.29 is 0 Å². The quantitative estimate of drug-likeness (QED) is 0.756. The zero-order valence-corrected chi connectivity index (χ0v) is 10.2. The van der Waals surface area contributed by atoms with E-state index >= 15 is 0 Å². The molecule has 1 aliphatic carbocycles. The standard InChI is InChI=1S/C11H14Cl2N2/c1-2-15(9-3-4-9)7-8-6-14-11(13)5-10(8)12/h5-6,9H,2-4,7H2,1H3. The molecule has 1 saturated carbocycles. The maximum absolute atomic E-state index is 6.10. The van der Waals surface area contributed by atoms with Crippen molar-refractivity contribution in [1.82, 2.24) is 9.88 Å². The fraction of sp³-hybridized carbons (Fsp3) is 0.545. The molecular weight excluding hydrogens is 231 g/mol. The van der Waals surface area contributed by atoms with Gasteiger partial charge < -0.3 is 0 Å². The smallest absolute Gasteiger partial charge is 0.130 e. The molecule has 0 radical (unpaired) electrons. The molecule has 0 N–H and O–H groups in total. The molecular formula is C11H14Cl2N2. The lowest BCUT2D eigenvalue weighted by Crippen LogP contribution is -2.25. The van der Waals surface area contributed by atoms with Crippen molar-refractivity contribution in [3.8, 4) is 0 Å². The highest BCUT2D eigenvalue weighted by molar-refractivity contribution is 6.34. The van der Waals surface area contributed by atoms with Crippen LogP contribution < -0.4 is 0 Å². The minimum Gasteiger partial charge on any atom is -0.296 e. The van der Waals surface area contributed by atoms with E-state index in [2.05, 4.69) is 16.8 Å². The van der Waals surface area contributed by atoms with Crippen LogP contribution in [0.1, 0.15) is 25.3 Å². The number of rotatable bonds is 4. The van der Waals surface area contributed by atoms with Gasteiger partial charge in [-0.1, -0.05) is 30.1 Å². The molecule has 0 amide bonds. The third-order valence-electron chi connectivity index (χ3n) is 2.74. The minimum absolute atomic E-state index is 0.457. The number of nitrogens with zero attached hydrogens (tertiary/aromatic N) is 2. The SMILES string of the molecule is CCN(Cc1cnc(Cl)cc1Cl)C1CC1. The molecule has 2 rings (SSSR count). The molecule has 0 saturated heterocycles. The van der Waals surface area contributed by atoms with Crippen LogP contribution in [0.2, 0.25) is 10.2 Å². The summed E-state index contributed by atoms with van der Waals surface area (Å²) in [5.74, 6) is 0. The first kappa shape index (κ1) is 11.2. The molecule has 0 bridgehead atoms. The van der Waals surface area contributed by atoms with Crippen LogP contribution in [0.3, 0.4) is 0 Å². The zero-order chi connectivity index (χ0) is 10.8. The summed E-state index contributed by atoms with van der Waals surface area (Å²) in [6, 6.07) is 2.46. The summed E-state index contributed by atoms with van der Waals surface area (Å²) in [5, 5.41) is 1.17. The second-order valence-electron chi connectivity index (χ2n) is 3.89. The maximum atomic E-state index is 6.10. The summed E-state index contributed by atoms with van der Waals surface area (Å²) in [4.78, 5) is 6.49. The lowest BCUT2D eigenvalue weighted by molar-refractivity contribution is 0.269. The van der Waals surface area contributed by atoms with Gasteiger partial charge in [-0.2, -0.15) is 0 Å². The molecule has 0 aromatic carbocycles. The zero-order valence-electron chi connectivity index (χ0n) is 8.71. The molecule has 1 aliphatic rings. The van der Waals surface area contributed by atoms with Crippen LogP contribution in [0, 0.1) is 0 Å². The normalized spacial score (nSPS) is 16.0. The van der Waals surface area contributed by atoms with Crippen molar-refractivity contribution >= 4 is 23.2 Å². The van der Waals surface area contributed by atoms with Crippen LogP contribution in [0.25, 0.3) is 0 Å². The van der Waals surface area contributed by atoms with E-state index in [0.717, 1.165) is 24.7 Å². The fourth-order valence-electron chi connectivity index (χ4n) is 1.71. The number of aromatic nitrogens is 1. The van der Waals surface area contributed by atoms with E-state index < -0.39 is 0 Å². The van der Waals surface area contributed by atoms with Gasteiger partial charge in [-0.3, -0.25) is 4.90 Å². The Morgan fingerprint density at radius 3 is 2.73 bits per heavy atom. The highest BCUT2D eigenvalue weighted by Gasteiger charge is 2.28. The predicted octanol–water partition coefficient (Wildman–Crippen LogP) is 3.37. The van der Waals surface area contributed by atoms with E-state index in [4.69, 9.17) is 23.2 Å². The minimum atomic E-state index is 0.457. The Morgan fingerprint density at radius 2 is 2.20 bits per heavy atom. The fourth-order valence-corrected chi connectivity index (χ4v) is 2.14. The molecule has 1 aromatic rings. The Bertz CT molecular complexity index is 350. The Labute approximate surface area is 100 Å². The molecule has 1 heterocycles. The Hall–Kier alpha value is -0.310. The van der Waals surface area contributed by atoms with Gasteiger partial charge in [-0.25, -0.2) is 4.98 Å². The number of halogens is 2. The summed E-state index contributed by atoms with van der Waals surface area (Å²) in [7, 11) is 0. The van der Waals surface area contributed by atoms with Crippen LogP contribution in [0.5, 0.6) is 0 Å². The van der Waals surface area contributed by atoms with E-state index in [1.54, 1.807) is 12.3 Å². The third-order valence-corrected chi connectivity index (χ3v) is 3.30. The molecule has 1 fully saturated rings. The number of hydrogen-bond donors (Lipinski definition) is 0. The van der Waals surface area contributed by atoms with Gasteiger partial charge in [-0.05, 0) is 25.5 Å². The largest absolute Gasteiger partial charge is 0.296 e. The van der Waals surface area contributed by atoms with Crippen molar-refractivity contribution in [2.45, 2.75) is 32.4 Å². The average Bonchev–Trinajstić information content (AvgIpc) is 3.00. The van der Waals surface area contributed by atoms with Gasteiger partial charge in [0.05, 0.1) is 0 Å². The number of pyridine rings is 1. The van der Waals surface area contributed by atoms with Gasteiger partial charge in [0.15, 0.2) is 0 Å². The third kappa shape index (κ3) is 2.83. The molecule has 0 atom stereocenters. The summed E-state index contributed by atoms with van der Waals surface area (Å²) in [6.07, 6.45) is 4.40. The first-order chi connectivity index (χ1) is 7.20. The van der Waals surface area contributed by atoms with Crippen LogP contribution in [-0.4, -0.2) is 22.5 Å². The molecule has 15 heavy (non-hydrogen) atoms. The lowest BCUT2D eigenvalue weighted by atomic mass is 10.2. The van der Waals surface area contributed by atoms with Crippen molar-refractivity contribution in [2.24, 2.45) is 0 Å². The van der Waals surface area contributed by atoms with E-state index in [-0.39, 0.29) is 0 Å². The van der Waals surface area contributed by atoms with Gasteiger partial charge in [0.1, 0.15) is 5.15 Å². The van der Waals surface area contributed by atoms with Crippen molar-refractivity contribution in [3.63, 3.8) is 0 Å². The average molecular weight is 245 g/mol. The molecule has 4 heteroatoms. The maximum Gasteiger partial charge on any atom is 0.130 e. The van der Waals surface area contributed by atoms with E-state index in [1.165, 1.54) is 12.8 Å². The van der Waals surface area contributed by atoms with Gasteiger partial charge in [0.25, 0.3) is 0 Å². The Balaban J connectivity index is 2.08. The van der Waals surface area contributed by atoms with Crippen LogP contribution >= 0.6 is 23.2 Å². The molecule has 0 unspecified atom stereocenters. The van der Waals surface area contributed by atoms with Gasteiger partial charge in [0.2, 0.25) is 0 Å². The summed E-state index contributed by atoms with van der Waals surface area (Å²) >= 11 is 11.9. The number of hydrogen-bond acceptors (Lipinski definition) is 2. The summed E-state index contributed by atoms with van der Waals surface area (Å²) < 4.78 is 0. The predicted molar refractivity (Wildman–Crippen MR) is 63.4 cm³/mol. The Kier molecular flexibility index (Phi) is 3.49. The monoisotopic (exact) mass is 244 g/mol. The van der Waals surface area contributed by atoms with Gasteiger partial charge in [-0.15, -0.1) is 0 Å². The lowest BCUT2D eigenvalue weighted by Gasteiger charge is -2.20. The second kappa shape index (κ2) is 4.69. The first-order valence-corrected chi connectivity index (χ1v) is 6.00. The van der Waals surface area contributed by atoms with Crippen molar-refractivity contribution in [3.05, 3.63) is 28.0 Å². The molecule has 2 nitrogen and oxygen atoms in total. The molecule has 1 aromatic heterocycles. The van der Waals surface area contributed by atoms with E-state index in [9.17, 15) is 0 Å². The van der Waals surface area contributed by atoms with Crippen molar-refractivity contribution in [1.29, 1.82) is 0 Å². The first-order valence-electron chi connectivity index (χ1n) is 5.24. The van der Waals surface area contributed by atoms with Gasteiger partial charge in [0, 0.05) is 29.4 Å². The van der Waals surface area contributed by atoms with E-state index in [0.29, 0.717) is 10.2 Å². The molecule has 82 valence electrons. The molecule has 0 spiro atoms. The topological polar surface area (TPSA) is 16.1 Å². The summed E-state index contributed by atoms with van der Waals surface area (Å²) in [5.41, 5.74) is 1.06. The summed E-state index contributed by atoms with van der Waals surface area (Å²) in [6.45, 7) is 4.11. The molecule has 0 aliphatic heterocycles. The van der Waals surface area contributed by atoms with Gasteiger partial charge >= 0.3 is 0 Å². The highest BCUT2D eigenvalue weighted by atomic mass is 35.5. The van der Waals surface area contributed by atoms with Crippen LogP contribution in [-0.2, 0) is 6.54 Å². The highest BCUT2D eigenvalue weighted by Crippen LogP contribution is 2.29. The van der Waals surface area contributed by atoms with E-state index in [1.807, 2.05) is 0 Å². The Morgan fingerprint density at radius 1 is 1.47 bits per heavy atom. The van der Waals surface area contributed by atoms with Crippen LogP contribution in [0.4, 0.5) is 0 Å².